The molecule has 3 rings (SSSR count). The molecule has 0 saturated heterocycles. The van der Waals surface area contributed by atoms with Crippen LogP contribution in [0.25, 0.3) is 22.3 Å². The van der Waals surface area contributed by atoms with E-state index in [9.17, 15) is 9.32 Å². The normalized spacial score (nSPS) is 12.7. The monoisotopic (exact) mass is 286 g/mol. The molecule has 4 heteroatoms. The molecule has 0 bridgehead atoms. The van der Waals surface area contributed by atoms with E-state index in [0.717, 1.165) is 27.0 Å². The maximum absolute atomic E-state index is 11.4. The highest BCUT2D eigenvalue weighted by Gasteiger charge is 2.14. The van der Waals surface area contributed by atoms with Gasteiger partial charge < -0.3 is 9.52 Å². The quantitative estimate of drug-likeness (QED) is 0.803. The number of benzene rings is 2. The van der Waals surface area contributed by atoms with Gasteiger partial charge >= 0.3 is 0 Å². The summed E-state index contributed by atoms with van der Waals surface area (Å²) in [7, 11) is -0.995. The van der Waals surface area contributed by atoms with Gasteiger partial charge in [-0.1, -0.05) is 30.3 Å². The van der Waals surface area contributed by atoms with Crippen molar-refractivity contribution in [3.05, 3.63) is 54.1 Å². The topological polar surface area (TPSA) is 50.4 Å². The first-order chi connectivity index (χ1) is 9.70. The zero-order valence-electron chi connectivity index (χ0n) is 11.0. The Labute approximate surface area is 119 Å². The van der Waals surface area contributed by atoms with Gasteiger partial charge in [0.25, 0.3) is 0 Å². The van der Waals surface area contributed by atoms with Gasteiger partial charge in [0.15, 0.2) is 0 Å². The van der Waals surface area contributed by atoms with Crippen molar-refractivity contribution in [2.24, 2.45) is 0 Å². The summed E-state index contributed by atoms with van der Waals surface area (Å²) in [5.74, 6) is 0.669. The Morgan fingerprint density at radius 3 is 2.45 bits per heavy atom. The van der Waals surface area contributed by atoms with Crippen LogP contribution in [0.5, 0.6) is 0 Å². The molecule has 1 heterocycles. The molecule has 0 fully saturated rings. The van der Waals surface area contributed by atoms with Crippen LogP contribution in [-0.2, 0) is 17.4 Å². The molecular formula is C16H14O3S. The molecule has 0 aliphatic rings. The van der Waals surface area contributed by atoms with Crippen LogP contribution in [0.2, 0.25) is 0 Å². The third kappa shape index (κ3) is 2.17. The van der Waals surface area contributed by atoms with Crippen LogP contribution in [0.1, 0.15) is 5.56 Å². The Balaban J connectivity index is 2.16. The first-order valence-corrected chi connectivity index (χ1v) is 7.81. The second kappa shape index (κ2) is 5.23. The Morgan fingerprint density at radius 2 is 1.80 bits per heavy atom. The predicted molar refractivity (Wildman–Crippen MR) is 79.9 cm³/mol. The number of hydrogen-bond acceptors (Lipinski definition) is 3. The van der Waals surface area contributed by atoms with Crippen LogP contribution in [-0.4, -0.2) is 15.6 Å². The van der Waals surface area contributed by atoms with E-state index in [4.69, 9.17) is 4.42 Å². The Kier molecular flexibility index (Phi) is 3.42. The van der Waals surface area contributed by atoms with E-state index >= 15 is 0 Å². The van der Waals surface area contributed by atoms with Gasteiger partial charge in [0.05, 0.1) is 6.61 Å². The molecule has 3 nitrogen and oxygen atoms in total. The van der Waals surface area contributed by atoms with Crippen LogP contribution in [0.15, 0.2) is 57.8 Å². The summed E-state index contributed by atoms with van der Waals surface area (Å²) in [4.78, 5) is 0.774. The van der Waals surface area contributed by atoms with Crippen LogP contribution in [0, 0.1) is 0 Å². The van der Waals surface area contributed by atoms with E-state index in [1.807, 2.05) is 48.5 Å². The molecule has 0 spiro atoms. The highest BCUT2D eigenvalue weighted by atomic mass is 32.2. The molecule has 1 atom stereocenters. The summed E-state index contributed by atoms with van der Waals surface area (Å²) in [6.45, 7) is -0.0756. The van der Waals surface area contributed by atoms with E-state index in [1.165, 1.54) is 0 Å². The predicted octanol–water partition coefficient (Wildman–Crippen LogP) is 3.33. The van der Waals surface area contributed by atoms with Crippen molar-refractivity contribution in [1.82, 2.24) is 0 Å². The number of hydrogen-bond donors (Lipinski definition) is 1. The zero-order chi connectivity index (χ0) is 14.1. The van der Waals surface area contributed by atoms with Gasteiger partial charge in [0, 0.05) is 38.5 Å². The van der Waals surface area contributed by atoms with Crippen LogP contribution in [0.3, 0.4) is 0 Å². The second-order valence-electron chi connectivity index (χ2n) is 4.54. The first kappa shape index (κ1) is 13.1. The Hall–Kier alpha value is -1.91. The molecule has 0 radical (unpaired) electrons. The zero-order valence-corrected chi connectivity index (χ0v) is 11.8. The van der Waals surface area contributed by atoms with E-state index in [1.54, 1.807) is 6.26 Å². The molecule has 102 valence electrons. The van der Waals surface area contributed by atoms with Crippen LogP contribution < -0.4 is 0 Å². The summed E-state index contributed by atoms with van der Waals surface area (Å²) in [5, 5.41) is 10.5. The SMILES string of the molecule is CS(=O)c1ccc(-c2oc3ccccc3c2CO)cc1. The van der Waals surface area contributed by atoms with E-state index in [0.29, 0.717) is 5.76 Å². The van der Waals surface area contributed by atoms with Crippen molar-refractivity contribution in [1.29, 1.82) is 0 Å². The minimum atomic E-state index is -0.995. The molecule has 0 aliphatic heterocycles. The fourth-order valence-corrected chi connectivity index (χ4v) is 2.81. The molecule has 1 N–H and O–H groups in total. The lowest BCUT2D eigenvalue weighted by Crippen LogP contribution is -1.88. The largest absolute Gasteiger partial charge is 0.456 e. The van der Waals surface area contributed by atoms with Gasteiger partial charge in [-0.3, -0.25) is 4.21 Å². The lowest BCUT2D eigenvalue weighted by Gasteiger charge is -2.02. The summed E-state index contributed by atoms with van der Waals surface area (Å²) >= 11 is 0. The maximum atomic E-state index is 11.4. The summed E-state index contributed by atoms with van der Waals surface area (Å²) < 4.78 is 17.2. The van der Waals surface area contributed by atoms with Gasteiger partial charge in [-0.2, -0.15) is 0 Å². The maximum Gasteiger partial charge on any atom is 0.140 e. The lowest BCUT2D eigenvalue weighted by atomic mass is 10.1. The fourth-order valence-electron chi connectivity index (χ4n) is 2.29. The molecule has 2 aromatic carbocycles. The number of fused-ring (bicyclic) bond motifs is 1. The van der Waals surface area contributed by atoms with Crippen LogP contribution in [0.4, 0.5) is 0 Å². The molecular weight excluding hydrogens is 272 g/mol. The van der Waals surface area contributed by atoms with Crippen molar-refractivity contribution in [3.63, 3.8) is 0 Å². The number of para-hydroxylation sites is 1. The van der Waals surface area contributed by atoms with Gasteiger partial charge in [-0.15, -0.1) is 0 Å². The number of furan rings is 1. The Bertz CT molecular complexity index is 772. The average molecular weight is 286 g/mol. The molecule has 1 aromatic heterocycles. The van der Waals surface area contributed by atoms with Gasteiger partial charge in [0.2, 0.25) is 0 Å². The number of rotatable bonds is 3. The number of aliphatic hydroxyl groups is 1. The van der Waals surface area contributed by atoms with E-state index in [-0.39, 0.29) is 6.61 Å². The van der Waals surface area contributed by atoms with E-state index < -0.39 is 10.8 Å². The van der Waals surface area contributed by atoms with Crippen molar-refractivity contribution in [3.8, 4) is 11.3 Å². The smallest absolute Gasteiger partial charge is 0.140 e. The van der Waals surface area contributed by atoms with Gasteiger partial charge in [0.1, 0.15) is 11.3 Å². The first-order valence-electron chi connectivity index (χ1n) is 6.26. The summed E-state index contributed by atoms with van der Waals surface area (Å²) in [6.07, 6.45) is 1.65. The second-order valence-corrected chi connectivity index (χ2v) is 5.92. The van der Waals surface area contributed by atoms with Crippen molar-refractivity contribution in [2.45, 2.75) is 11.5 Å². The standard InChI is InChI=1S/C16H14O3S/c1-20(18)12-8-6-11(7-9-12)16-14(10-17)13-4-2-3-5-15(13)19-16/h2-9,17H,10H2,1H3. The molecule has 3 aromatic rings. The van der Waals surface area contributed by atoms with Gasteiger partial charge in [-0.05, 0) is 18.2 Å². The van der Waals surface area contributed by atoms with Crippen molar-refractivity contribution < 1.29 is 13.7 Å². The summed E-state index contributed by atoms with van der Waals surface area (Å²) in [5.41, 5.74) is 2.42. The highest BCUT2D eigenvalue weighted by Crippen LogP contribution is 2.33. The highest BCUT2D eigenvalue weighted by molar-refractivity contribution is 7.84. The molecule has 1 unspecified atom stereocenters. The third-order valence-electron chi connectivity index (χ3n) is 3.30. The van der Waals surface area contributed by atoms with Crippen molar-refractivity contribution >= 4 is 21.8 Å². The minimum absolute atomic E-state index is 0.0756. The molecule has 20 heavy (non-hydrogen) atoms. The molecule has 0 amide bonds. The Morgan fingerprint density at radius 1 is 1.10 bits per heavy atom. The van der Waals surface area contributed by atoms with Gasteiger partial charge in [-0.25, -0.2) is 0 Å². The number of aliphatic hydroxyl groups excluding tert-OH is 1. The third-order valence-corrected chi connectivity index (χ3v) is 4.24. The van der Waals surface area contributed by atoms with Crippen molar-refractivity contribution in [2.75, 3.05) is 6.26 Å². The fraction of sp³-hybridized carbons (Fsp3) is 0.125. The minimum Gasteiger partial charge on any atom is -0.456 e. The lowest BCUT2D eigenvalue weighted by molar-refractivity contribution is 0.282. The van der Waals surface area contributed by atoms with Crippen LogP contribution >= 0.6 is 0 Å². The molecule has 0 aliphatic carbocycles. The molecule has 0 saturated carbocycles. The summed E-state index contributed by atoms with van der Waals surface area (Å²) in [6, 6.07) is 15.0. The average Bonchev–Trinajstić information content (AvgIpc) is 2.85. The van der Waals surface area contributed by atoms with E-state index in [2.05, 4.69) is 0 Å².